The van der Waals surface area contributed by atoms with Crippen LogP contribution in [-0.2, 0) is 11.3 Å². The first-order chi connectivity index (χ1) is 11.0. The van der Waals surface area contributed by atoms with Crippen molar-refractivity contribution in [3.8, 4) is 11.1 Å². The first-order valence-corrected chi connectivity index (χ1v) is 7.23. The Morgan fingerprint density at radius 1 is 1.30 bits per heavy atom. The van der Waals surface area contributed by atoms with Gasteiger partial charge in [-0.3, -0.25) is 14.5 Å². The monoisotopic (exact) mass is 315 g/mol. The molecule has 0 unspecified atom stereocenters. The third kappa shape index (κ3) is 2.84. The van der Waals surface area contributed by atoms with Gasteiger partial charge in [0.1, 0.15) is 11.3 Å². The molecule has 1 atom stereocenters. The maximum absolute atomic E-state index is 14.0. The van der Waals surface area contributed by atoms with E-state index in [4.69, 9.17) is 0 Å². The number of hydrogen-bond donors (Lipinski definition) is 0. The second-order valence-electron chi connectivity index (χ2n) is 5.57. The highest BCUT2D eigenvalue weighted by Crippen LogP contribution is 2.26. The Morgan fingerprint density at radius 2 is 2.09 bits per heavy atom. The summed E-state index contributed by atoms with van der Waals surface area (Å²) in [6, 6.07) is 5.73. The maximum atomic E-state index is 14.0. The molecule has 4 nitrogen and oxygen atoms in total. The van der Waals surface area contributed by atoms with Crippen LogP contribution in [0, 0.1) is 17.6 Å². The van der Waals surface area contributed by atoms with Gasteiger partial charge in [0.25, 0.3) is 0 Å². The van der Waals surface area contributed by atoms with Gasteiger partial charge in [0.05, 0.1) is 18.3 Å². The van der Waals surface area contributed by atoms with Gasteiger partial charge >= 0.3 is 0 Å². The van der Waals surface area contributed by atoms with Crippen molar-refractivity contribution in [1.29, 1.82) is 0 Å². The number of Topliss-reactive ketones (excluding diaryl/α,β-unsaturated/α-hetero) is 1. The Hall–Kier alpha value is -2.63. The molecule has 3 aromatic rings. The van der Waals surface area contributed by atoms with Crippen molar-refractivity contribution in [2.45, 2.75) is 20.4 Å². The van der Waals surface area contributed by atoms with E-state index in [0.717, 1.165) is 6.07 Å². The first-order valence-electron chi connectivity index (χ1n) is 7.23. The summed E-state index contributed by atoms with van der Waals surface area (Å²) in [6.07, 6.45) is 3.08. The lowest BCUT2D eigenvalue weighted by Crippen LogP contribution is -2.15. The van der Waals surface area contributed by atoms with E-state index in [1.54, 1.807) is 16.9 Å². The van der Waals surface area contributed by atoms with Gasteiger partial charge in [0.15, 0.2) is 11.6 Å². The molecular weight excluding hydrogens is 300 g/mol. The number of hydrogen-bond acceptors (Lipinski definition) is 3. The molecule has 0 bridgehead atoms. The molecule has 2 aromatic heterocycles. The van der Waals surface area contributed by atoms with Crippen LogP contribution in [0.15, 0.2) is 36.7 Å². The van der Waals surface area contributed by atoms with Gasteiger partial charge in [0.2, 0.25) is 0 Å². The number of carbonyl (C=O) groups is 1. The van der Waals surface area contributed by atoms with Gasteiger partial charge in [-0.15, -0.1) is 0 Å². The molecule has 1 aromatic carbocycles. The number of aromatic nitrogens is 3. The van der Waals surface area contributed by atoms with Crippen LogP contribution in [-0.4, -0.2) is 20.5 Å². The SMILES string of the molecule is CC(=O)[C@@H](C)Cn1ncc2ncc(-c3cccc(F)c3F)cc21. The minimum Gasteiger partial charge on any atom is -0.300 e. The summed E-state index contributed by atoms with van der Waals surface area (Å²) in [7, 11) is 0. The van der Waals surface area contributed by atoms with Crippen molar-refractivity contribution in [3.05, 3.63) is 48.3 Å². The van der Waals surface area contributed by atoms with E-state index in [1.807, 2.05) is 6.92 Å². The molecule has 0 saturated heterocycles. The number of benzene rings is 1. The molecule has 6 heteroatoms. The lowest BCUT2D eigenvalue weighted by molar-refractivity contribution is -0.120. The number of halogens is 2. The molecule has 0 fully saturated rings. The fourth-order valence-electron chi connectivity index (χ4n) is 2.36. The van der Waals surface area contributed by atoms with E-state index >= 15 is 0 Å². The maximum Gasteiger partial charge on any atom is 0.166 e. The number of rotatable bonds is 4. The predicted octanol–water partition coefficient (Wildman–Crippen LogP) is 3.60. The lowest BCUT2D eigenvalue weighted by Gasteiger charge is -2.09. The average molecular weight is 315 g/mol. The van der Waals surface area contributed by atoms with Gasteiger partial charge in [-0.1, -0.05) is 19.1 Å². The summed E-state index contributed by atoms with van der Waals surface area (Å²) in [6.45, 7) is 3.76. The van der Waals surface area contributed by atoms with E-state index in [9.17, 15) is 13.6 Å². The molecule has 0 spiro atoms. The van der Waals surface area contributed by atoms with E-state index in [1.165, 1.54) is 25.3 Å². The van der Waals surface area contributed by atoms with Crippen LogP contribution in [0.3, 0.4) is 0 Å². The van der Waals surface area contributed by atoms with Crippen molar-refractivity contribution >= 4 is 16.8 Å². The summed E-state index contributed by atoms with van der Waals surface area (Å²) in [5.41, 5.74) is 1.93. The smallest absolute Gasteiger partial charge is 0.166 e. The largest absolute Gasteiger partial charge is 0.300 e. The molecule has 0 amide bonds. The Bertz CT molecular complexity index is 889. The fourth-order valence-corrected chi connectivity index (χ4v) is 2.36. The first kappa shape index (κ1) is 15.3. The predicted molar refractivity (Wildman–Crippen MR) is 82.7 cm³/mol. The number of fused-ring (bicyclic) bond motifs is 1. The van der Waals surface area contributed by atoms with Gasteiger partial charge in [0, 0.05) is 23.2 Å². The van der Waals surface area contributed by atoms with Crippen LogP contribution in [0.5, 0.6) is 0 Å². The van der Waals surface area contributed by atoms with E-state index in [2.05, 4.69) is 10.1 Å². The average Bonchev–Trinajstić information content (AvgIpc) is 2.92. The number of pyridine rings is 1. The highest BCUT2D eigenvalue weighted by atomic mass is 19.2. The fraction of sp³-hybridized carbons (Fsp3) is 0.235. The van der Waals surface area contributed by atoms with Gasteiger partial charge in [-0.25, -0.2) is 8.78 Å². The van der Waals surface area contributed by atoms with Gasteiger partial charge in [-0.05, 0) is 19.1 Å². The zero-order valence-electron chi connectivity index (χ0n) is 12.8. The highest BCUT2D eigenvalue weighted by molar-refractivity contribution is 5.81. The Morgan fingerprint density at radius 3 is 2.83 bits per heavy atom. The van der Waals surface area contributed by atoms with Crippen LogP contribution >= 0.6 is 0 Å². The summed E-state index contributed by atoms with van der Waals surface area (Å²) in [5, 5.41) is 4.23. The second kappa shape index (κ2) is 5.87. The Balaban J connectivity index is 2.07. The molecule has 3 rings (SSSR count). The molecule has 0 aliphatic heterocycles. The van der Waals surface area contributed by atoms with Crippen LogP contribution in [0.1, 0.15) is 13.8 Å². The summed E-state index contributed by atoms with van der Waals surface area (Å²) < 4.78 is 29.0. The summed E-state index contributed by atoms with van der Waals surface area (Å²) in [5.74, 6) is -1.93. The third-order valence-electron chi connectivity index (χ3n) is 3.90. The molecule has 0 aliphatic rings. The minimum atomic E-state index is -0.906. The number of carbonyl (C=O) groups excluding carboxylic acids is 1. The molecule has 0 aliphatic carbocycles. The third-order valence-corrected chi connectivity index (χ3v) is 3.90. The van der Waals surface area contributed by atoms with Crippen LogP contribution in [0.25, 0.3) is 22.2 Å². The molecule has 0 saturated carbocycles. The summed E-state index contributed by atoms with van der Waals surface area (Å²) >= 11 is 0. The molecule has 118 valence electrons. The van der Waals surface area contributed by atoms with Crippen LogP contribution < -0.4 is 0 Å². The van der Waals surface area contributed by atoms with Crippen molar-refractivity contribution in [1.82, 2.24) is 14.8 Å². The van der Waals surface area contributed by atoms with Crippen molar-refractivity contribution in [2.75, 3.05) is 0 Å². The van der Waals surface area contributed by atoms with E-state index < -0.39 is 11.6 Å². The van der Waals surface area contributed by atoms with Gasteiger partial charge < -0.3 is 0 Å². The molecule has 0 radical (unpaired) electrons. The molecule has 2 heterocycles. The van der Waals surface area contributed by atoms with Crippen LogP contribution in [0.2, 0.25) is 0 Å². The van der Waals surface area contributed by atoms with Crippen LogP contribution in [0.4, 0.5) is 8.78 Å². The molecular formula is C17H15F2N3O. The normalized spacial score (nSPS) is 12.5. The van der Waals surface area contributed by atoms with Gasteiger partial charge in [-0.2, -0.15) is 5.10 Å². The van der Waals surface area contributed by atoms with E-state index in [0.29, 0.717) is 23.1 Å². The minimum absolute atomic E-state index is 0.0638. The number of ketones is 1. The van der Waals surface area contributed by atoms with E-state index in [-0.39, 0.29) is 17.3 Å². The number of nitrogens with zero attached hydrogens (tertiary/aromatic N) is 3. The lowest BCUT2D eigenvalue weighted by atomic mass is 10.1. The quantitative estimate of drug-likeness (QED) is 0.739. The zero-order valence-corrected chi connectivity index (χ0v) is 12.8. The second-order valence-corrected chi connectivity index (χ2v) is 5.57. The molecule has 23 heavy (non-hydrogen) atoms. The van der Waals surface area contributed by atoms with Crippen molar-refractivity contribution in [3.63, 3.8) is 0 Å². The zero-order chi connectivity index (χ0) is 16.6. The topological polar surface area (TPSA) is 47.8 Å². The Labute approximate surface area is 131 Å². The summed E-state index contributed by atoms with van der Waals surface area (Å²) in [4.78, 5) is 15.7. The van der Waals surface area contributed by atoms with Crippen molar-refractivity contribution in [2.24, 2.45) is 5.92 Å². The standard InChI is InChI=1S/C17H15F2N3O/c1-10(11(2)23)9-22-16-6-12(7-20-15(16)8-21-22)13-4-3-5-14(18)17(13)19/h3-8,10H,9H2,1-2H3/t10-/m0/s1. The molecule has 0 N–H and O–H groups in total. The Kier molecular flexibility index (Phi) is 3.90. The van der Waals surface area contributed by atoms with Crippen molar-refractivity contribution < 1.29 is 13.6 Å². The highest BCUT2D eigenvalue weighted by Gasteiger charge is 2.14.